The molecule has 2 aliphatic rings. The Hall–Kier alpha value is -2.10. The monoisotopic (exact) mass is 309 g/mol. The Bertz CT molecular complexity index is 721. The van der Waals surface area contributed by atoms with Crippen LogP contribution in [0, 0.1) is 6.92 Å². The summed E-state index contributed by atoms with van der Waals surface area (Å²) in [6, 6.07) is 8.79. The summed E-state index contributed by atoms with van der Waals surface area (Å²) in [4.78, 5) is 19.5. The molecular formula is C19H23N3O. The third-order valence-corrected chi connectivity index (χ3v) is 5.39. The minimum Gasteiger partial charge on any atom is -0.340 e. The van der Waals surface area contributed by atoms with Gasteiger partial charge in [-0.15, -0.1) is 0 Å². The summed E-state index contributed by atoms with van der Waals surface area (Å²) in [5.41, 5.74) is 2.60. The molecule has 1 saturated heterocycles. The smallest absolute Gasteiger partial charge is 0.230 e. The molecule has 2 heterocycles. The highest BCUT2D eigenvalue weighted by molar-refractivity contribution is 5.85. The molecule has 1 amide bonds. The van der Waals surface area contributed by atoms with Crippen molar-refractivity contribution in [1.29, 1.82) is 0 Å². The second-order valence-electron chi connectivity index (χ2n) is 6.75. The van der Waals surface area contributed by atoms with Crippen LogP contribution in [0.25, 0.3) is 0 Å². The van der Waals surface area contributed by atoms with Crippen molar-refractivity contribution in [2.45, 2.75) is 44.6 Å². The number of nitrogens with zero attached hydrogens (tertiary/aromatic N) is 3. The van der Waals surface area contributed by atoms with Gasteiger partial charge in [-0.25, -0.2) is 4.98 Å². The molecule has 2 atom stereocenters. The predicted molar refractivity (Wildman–Crippen MR) is 89.3 cm³/mol. The second-order valence-corrected chi connectivity index (χ2v) is 6.75. The van der Waals surface area contributed by atoms with E-state index in [0.717, 1.165) is 44.6 Å². The molecule has 1 aromatic carbocycles. The van der Waals surface area contributed by atoms with Crippen LogP contribution in [0.15, 0.2) is 36.7 Å². The molecule has 0 bridgehead atoms. The van der Waals surface area contributed by atoms with E-state index in [1.165, 1.54) is 11.1 Å². The Kier molecular flexibility index (Phi) is 3.68. The van der Waals surface area contributed by atoms with Gasteiger partial charge in [0, 0.05) is 25.5 Å². The lowest BCUT2D eigenvalue weighted by molar-refractivity contribution is -0.134. The van der Waals surface area contributed by atoms with Crippen LogP contribution in [0.2, 0.25) is 0 Å². The highest BCUT2D eigenvalue weighted by Crippen LogP contribution is 2.35. The Balaban J connectivity index is 1.52. The molecule has 23 heavy (non-hydrogen) atoms. The minimum atomic E-state index is 0.0637. The third-order valence-electron chi connectivity index (χ3n) is 5.39. The average Bonchev–Trinajstić information content (AvgIpc) is 3.20. The first-order valence-corrected chi connectivity index (χ1v) is 8.60. The summed E-state index contributed by atoms with van der Waals surface area (Å²) in [5, 5.41) is 0. The highest BCUT2D eigenvalue weighted by atomic mass is 16.2. The summed E-state index contributed by atoms with van der Waals surface area (Å²) in [7, 11) is 0. The fraction of sp³-hybridized carbons (Fsp3) is 0.474. The van der Waals surface area contributed by atoms with E-state index in [4.69, 9.17) is 0 Å². The SMILES string of the molecule is Cc1nccn1C1CCCN(C(=O)C2CCc3ccccc32)C1. The molecule has 1 aliphatic carbocycles. The van der Waals surface area contributed by atoms with Crippen molar-refractivity contribution in [3.8, 4) is 0 Å². The molecule has 4 heteroatoms. The average molecular weight is 309 g/mol. The van der Waals surface area contributed by atoms with Gasteiger partial charge >= 0.3 is 0 Å². The van der Waals surface area contributed by atoms with Crippen LogP contribution in [0.1, 0.15) is 48.2 Å². The van der Waals surface area contributed by atoms with E-state index in [0.29, 0.717) is 11.9 Å². The summed E-state index contributed by atoms with van der Waals surface area (Å²) in [6.07, 6.45) is 8.08. The minimum absolute atomic E-state index is 0.0637. The molecule has 0 N–H and O–H groups in total. The van der Waals surface area contributed by atoms with Gasteiger partial charge in [0.05, 0.1) is 12.0 Å². The Morgan fingerprint density at radius 1 is 1.26 bits per heavy atom. The van der Waals surface area contributed by atoms with Gasteiger partial charge in [-0.3, -0.25) is 4.79 Å². The molecule has 0 spiro atoms. The van der Waals surface area contributed by atoms with Gasteiger partial charge < -0.3 is 9.47 Å². The molecule has 4 rings (SSSR count). The van der Waals surface area contributed by atoms with Gasteiger partial charge in [0.1, 0.15) is 5.82 Å². The largest absolute Gasteiger partial charge is 0.340 e. The van der Waals surface area contributed by atoms with E-state index in [9.17, 15) is 4.79 Å². The lowest BCUT2D eigenvalue weighted by atomic mass is 9.97. The number of benzene rings is 1. The molecule has 1 aliphatic heterocycles. The molecule has 120 valence electrons. The zero-order valence-electron chi connectivity index (χ0n) is 13.6. The maximum atomic E-state index is 13.1. The van der Waals surface area contributed by atoms with Crippen molar-refractivity contribution in [1.82, 2.24) is 14.5 Å². The van der Waals surface area contributed by atoms with Crippen LogP contribution in [0.5, 0.6) is 0 Å². The number of likely N-dealkylation sites (tertiary alicyclic amines) is 1. The number of carbonyl (C=O) groups is 1. The van der Waals surface area contributed by atoms with Crippen LogP contribution in [0.3, 0.4) is 0 Å². The van der Waals surface area contributed by atoms with E-state index in [1.807, 2.05) is 19.3 Å². The first-order valence-electron chi connectivity index (χ1n) is 8.60. The number of hydrogen-bond donors (Lipinski definition) is 0. The first-order chi connectivity index (χ1) is 11.2. The molecule has 2 aromatic rings. The van der Waals surface area contributed by atoms with Crippen LogP contribution in [-0.2, 0) is 11.2 Å². The Labute approximate surface area is 137 Å². The van der Waals surface area contributed by atoms with E-state index < -0.39 is 0 Å². The molecule has 0 saturated carbocycles. The maximum absolute atomic E-state index is 13.1. The maximum Gasteiger partial charge on any atom is 0.230 e. The Morgan fingerprint density at radius 2 is 2.13 bits per heavy atom. The van der Waals surface area contributed by atoms with Crippen molar-refractivity contribution in [2.24, 2.45) is 0 Å². The van der Waals surface area contributed by atoms with Gasteiger partial charge in [0.2, 0.25) is 5.91 Å². The van der Waals surface area contributed by atoms with Crippen molar-refractivity contribution < 1.29 is 4.79 Å². The quantitative estimate of drug-likeness (QED) is 0.855. The zero-order valence-corrected chi connectivity index (χ0v) is 13.6. The van der Waals surface area contributed by atoms with E-state index in [1.54, 1.807) is 0 Å². The summed E-state index contributed by atoms with van der Waals surface area (Å²) in [6.45, 7) is 3.74. The van der Waals surface area contributed by atoms with Crippen molar-refractivity contribution in [3.63, 3.8) is 0 Å². The molecule has 4 nitrogen and oxygen atoms in total. The fourth-order valence-corrected chi connectivity index (χ4v) is 4.19. The number of aromatic nitrogens is 2. The number of piperidine rings is 1. The molecule has 0 radical (unpaired) electrons. The number of rotatable bonds is 2. The summed E-state index contributed by atoms with van der Waals surface area (Å²) >= 11 is 0. The number of hydrogen-bond acceptors (Lipinski definition) is 2. The lowest BCUT2D eigenvalue weighted by Gasteiger charge is -2.35. The lowest BCUT2D eigenvalue weighted by Crippen LogP contribution is -2.42. The van der Waals surface area contributed by atoms with Gasteiger partial charge in [0.15, 0.2) is 0 Å². The standard InChI is InChI=1S/C19H23N3O/c1-14-20-10-12-22(14)16-6-4-11-21(13-16)19(23)18-9-8-15-5-2-3-7-17(15)18/h2-3,5,7,10,12,16,18H,4,6,8-9,11,13H2,1H3. The van der Waals surface area contributed by atoms with Gasteiger partial charge in [0.25, 0.3) is 0 Å². The molecular weight excluding hydrogens is 286 g/mol. The van der Waals surface area contributed by atoms with Gasteiger partial charge in [-0.2, -0.15) is 0 Å². The highest BCUT2D eigenvalue weighted by Gasteiger charge is 2.34. The van der Waals surface area contributed by atoms with E-state index in [2.05, 4.69) is 38.7 Å². The van der Waals surface area contributed by atoms with E-state index in [-0.39, 0.29) is 5.92 Å². The van der Waals surface area contributed by atoms with Crippen LogP contribution in [-0.4, -0.2) is 33.4 Å². The van der Waals surface area contributed by atoms with Crippen molar-refractivity contribution in [3.05, 3.63) is 53.6 Å². The van der Waals surface area contributed by atoms with Gasteiger partial charge in [-0.05, 0) is 43.7 Å². The van der Waals surface area contributed by atoms with Crippen LogP contribution >= 0.6 is 0 Å². The first kappa shape index (κ1) is 14.5. The molecule has 1 fully saturated rings. The number of fused-ring (bicyclic) bond motifs is 1. The number of imidazole rings is 1. The van der Waals surface area contributed by atoms with Crippen LogP contribution in [0.4, 0.5) is 0 Å². The molecule has 1 aromatic heterocycles. The number of carbonyl (C=O) groups excluding carboxylic acids is 1. The molecule has 2 unspecified atom stereocenters. The van der Waals surface area contributed by atoms with Gasteiger partial charge in [-0.1, -0.05) is 24.3 Å². The van der Waals surface area contributed by atoms with E-state index >= 15 is 0 Å². The zero-order chi connectivity index (χ0) is 15.8. The fourth-order valence-electron chi connectivity index (χ4n) is 4.19. The summed E-state index contributed by atoms with van der Waals surface area (Å²) in [5.74, 6) is 1.42. The third kappa shape index (κ3) is 2.56. The Morgan fingerprint density at radius 3 is 2.96 bits per heavy atom. The van der Waals surface area contributed by atoms with Crippen LogP contribution < -0.4 is 0 Å². The van der Waals surface area contributed by atoms with Crippen molar-refractivity contribution >= 4 is 5.91 Å². The van der Waals surface area contributed by atoms with Crippen molar-refractivity contribution in [2.75, 3.05) is 13.1 Å². The number of amides is 1. The number of aryl methyl sites for hydroxylation is 2. The normalized spacial score (nSPS) is 23.8. The summed E-state index contributed by atoms with van der Waals surface area (Å²) < 4.78 is 2.22. The predicted octanol–water partition coefficient (Wildman–Crippen LogP) is 3.09. The topological polar surface area (TPSA) is 38.1 Å². The second kappa shape index (κ2) is 5.84.